The first-order valence-electron chi connectivity index (χ1n) is 3.93. The average molecular weight is 201 g/mol. The average Bonchev–Trinajstić information content (AvgIpc) is 2.11. The van der Waals surface area contributed by atoms with E-state index in [2.05, 4.69) is 4.74 Å². The third-order valence-corrected chi connectivity index (χ3v) is 1.48. The number of ether oxygens (including phenoxy) is 1. The number of carbonyl (C=O) groups excluding carboxylic acids is 1. The van der Waals surface area contributed by atoms with Crippen LogP contribution in [0.2, 0.25) is 0 Å². The van der Waals surface area contributed by atoms with Crippen molar-refractivity contribution in [1.29, 1.82) is 0 Å². The van der Waals surface area contributed by atoms with Crippen LogP contribution in [0.1, 0.15) is 6.92 Å². The van der Waals surface area contributed by atoms with Crippen LogP contribution in [0.3, 0.4) is 0 Å². The van der Waals surface area contributed by atoms with Gasteiger partial charge in [-0.25, -0.2) is 13.6 Å². The van der Waals surface area contributed by atoms with Gasteiger partial charge in [-0.3, -0.25) is 0 Å². The number of halogens is 2. The van der Waals surface area contributed by atoms with Gasteiger partial charge in [0.2, 0.25) is 0 Å². The molecule has 0 aliphatic rings. The molecule has 3 nitrogen and oxygen atoms in total. The van der Waals surface area contributed by atoms with E-state index in [0.717, 1.165) is 18.2 Å². The van der Waals surface area contributed by atoms with Crippen LogP contribution in [-0.4, -0.2) is 12.0 Å². The summed E-state index contributed by atoms with van der Waals surface area (Å²) in [6.45, 7) is 1.43. The molecule has 76 valence electrons. The van der Waals surface area contributed by atoms with Crippen LogP contribution in [0.4, 0.5) is 8.78 Å². The number of hydrogen-bond acceptors (Lipinski definition) is 3. The molecule has 14 heavy (non-hydrogen) atoms. The maximum absolute atomic E-state index is 12.6. The van der Waals surface area contributed by atoms with Gasteiger partial charge in [0.25, 0.3) is 0 Å². The summed E-state index contributed by atoms with van der Waals surface area (Å²) in [7, 11) is 0. The minimum absolute atomic E-state index is 0.0637. The summed E-state index contributed by atoms with van der Waals surface area (Å²) in [4.78, 5) is 10.9. The lowest BCUT2D eigenvalue weighted by Gasteiger charge is -2.06. The van der Waals surface area contributed by atoms with E-state index in [1.54, 1.807) is 0 Å². The van der Waals surface area contributed by atoms with Crippen LogP contribution < -0.4 is 10.5 Å². The maximum Gasteiger partial charge on any atom is 0.328 e. The third kappa shape index (κ3) is 2.50. The summed E-state index contributed by atoms with van der Waals surface area (Å²) in [5, 5.41) is 0. The van der Waals surface area contributed by atoms with E-state index in [1.165, 1.54) is 6.92 Å². The van der Waals surface area contributed by atoms with Gasteiger partial charge in [0.1, 0.15) is 11.8 Å². The van der Waals surface area contributed by atoms with Gasteiger partial charge in [0, 0.05) is 6.07 Å². The minimum Gasteiger partial charge on any atom is -0.425 e. The Labute approximate surface area is 79.5 Å². The second-order valence-electron chi connectivity index (χ2n) is 2.79. The lowest BCUT2D eigenvalue weighted by molar-refractivity contribution is -0.135. The minimum atomic E-state index is -1.07. The van der Waals surface area contributed by atoms with Crippen LogP contribution >= 0.6 is 0 Å². The van der Waals surface area contributed by atoms with Crippen LogP contribution in [0.25, 0.3) is 0 Å². The second-order valence-corrected chi connectivity index (χ2v) is 2.79. The normalized spacial score (nSPS) is 12.3. The van der Waals surface area contributed by atoms with Gasteiger partial charge in [-0.05, 0) is 19.1 Å². The Balaban J connectivity index is 2.78. The smallest absolute Gasteiger partial charge is 0.328 e. The molecule has 1 atom stereocenters. The van der Waals surface area contributed by atoms with Crippen LogP contribution in [0, 0.1) is 11.6 Å². The summed E-state index contributed by atoms with van der Waals surface area (Å²) < 4.78 is 29.7. The zero-order valence-electron chi connectivity index (χ0n) is 7.46. The Bertz CT molecular complexity index is 353. The van der Waals surface area contributed by atoms with Gasteiger partial charge < -0.3 is 10.5 Å². The molecule has 1 aromatic rings. The van der Waals surface area contributed by atoms with E-state index >= 15 is 0 Å². The fourth-order valence-corrected chi connectivity index (χ4v) is 0.749. The number of carbonyl (C=O) groups is 1. The van der Waals surface area contributed by atoms with Crippen molar-refractivity contribution in [3.63, 3.8) is 0 Å². The summed E-state index contributed by atoms with van der Waals surface area (Å²) in [6, 6.07) is 2.01. The van der Waals surface area contributed by atoms with Gasteiger partial charge in [-0.2, -0.15) is 0 Å². The Kier molecular flexibility index (Phi) is 3.14. The largest absolute Gasteiger partial charge is 0.425 e. The van der Waals surface area contributed by atoms with Crippen LogP contribution in [-0.2, 0) is 4.79 Å². The molecular formula is C9H9F2NO2. The van der Waals surface area contributed by atoms with Crippen molar-refractivity contribution in [3.05, 3.63) is 29.8 Å². The van der Waals surface area contributed by atoms with Gasteiger partial charge in [0.05, 0.1) is 0 Å². The molecule has 0 radical (unpaired) electrons. The highest BCUT2D eigenvalue weighted by Gasteiger charge is 2.11. The standard InChI is InChI=1S/C9H9F2NO2/c1-5(12)9(13)14-6-2-3-7(10)8(11)4-6/h2-5H,12H2,1H3. The molecule has 0 heterocycles. The predicted molar refractivity (Wildman–Crippen MR) is 45.6 cm³/mol. The first-order chi connectivity index (χ1) is 6.50. The third-order valence-electron chi connectivity index (χ3n) is 1.48. The fraction of sp³-hybridized carbons (Fsp3) is 0.222. The molecule has 0 aliphatic carbocycles. The molecule has 0 spiro atoms. The van der Waals surface area contributed by atoms with Gasteiger partial charge >= 0.3 is 5.97 Å². The topological polar surface area (TPSA) is 52.3 Å². The van der Waals surface area contributed by atoms with E-state index in [4.69, 9.17) is 5.73 Å². The van der Waals surface area contributed by atoms with Gasteiger partial charge in [-0.1, -0.05) is 0 Å². The zero-order chi connectivity index (χ0) is 10.7. The molecule has 0 aromatic heterocycles. The molecule has 0 fully saturated rings. The maximum atomic E-state index is 12.6. The summed E-state index contributed by atoms with van der Waals surface area (Å²) in [6.07, 6.45) is 0. The molecule has 1 unspecified atom stereocenters. The van der Waals surface area contributed by atoms with Crippen molar-refractivity contribution in [2.24, 2.45) is 5.73 Å². The van der Waals surface area contributed by atoms with E-state index in [0.29, 0.717) is 0 Å². The molecule has 2 N–H and O–H groups in total. The number of nitrogens with two attached hydrogens (primary N) is 1. The predicted octanol–water partition coefficient (Wildman–Crippen LogP) is 1.22. The van der Waals surface area contributed by atoms with Crippen LogP contribution in [0.5, 0.6) is 5.75 Å². The molecule has 5 heteroatoms. The molecule has 0 aliphatic heterocycles. The highest BCUT2D eigenvalue weighted by molar-refractivity contribution is 5.77. The lowest BCUT2D eigenvalue weighted by Crippen LogP contribution is -2.30. The molecule has 0 saturated heterocycles. The summed E-state index contributed by atoms with van der Waals surface area (Å²) in [5.74, 6) is -2.83. The SMILES string of the molecule is CC(N)C(=O)Oc1ccc(F)c(F)c1. The van der Waals surface area contributed by atoms with Crippen molar-refractivity contribution in [2.75, 3.05) is 0 Å². The van der Waals surface area contributed by atoms with Gasteiger partial charge in [-0.15, -0.1) is 0 Å². The van der Waals surface area contributed by atoms with Crippen LogP contribution in [0.15, 0.2) is 18.2 Å². The number of benzene rings is 1. The van der Waals surface area contributed by atoms with Crippen molar-refractivity contribution < 1.29 is 18.3 Å². The number of esters is 1. The lowest BCUT2D eigenvalue weighted by atomic mass is 10.3. The Morgan fingerprint density at radius 2 is 2.07 bits per heavy atom. The van der Waals surface area contributed by atoms with E-state index in [9.17, 15) is 13.6 Å². The van der Waals surface area contributed by atoms with Crippen molar-refractivity contribution in [3.8, 4) is 5.75 Å². The molecule has 0 bridgehead atoms. The Morgan fingerprint density at radius 1 is 1.43 bits per heavy atom. The van der Waals surface area contributed by atoms with E-state index < -0.39 is 23.6 Å². The molecule has 0 amide bonds. The van der Waals surface area contributed by atoms with Crippen molar-refractivity contribution in [2.45, 2.75) is 13.0 Å². The first kappa shape index (κ1) is 10.6. The molecule has 1 aromatic carbocycles. The van der Waals surface area contributed by atoms with Crippen molar-refractivity contribution in [1.82, 2.24) is 0 Å². The highest BCUT2D eigenvalue weighted by atomic mass is 19.2. The first-order valence-corrected chi connectivity index (χ1v) is 3.93. The monoisotopic (exact) mass is 201 g/mol. The fourth-order valence-electron chi connectivity index (χ4n) is 0.749. The number of hydrogen-bond donors (Lipinski definition) is 1. The van der Waals surface area contributed by atoms with Crippen molar-refractivity contribution >= 4 is 5.97 Å². The van der Waals surface area contributed by atoms with E-state index in [-0.39, 0.29) is 5.75 Å². The Hall–Kier alpha value is -1.49. The second kappa shape index (κ2) is 4.15. The molecule has 1 rings (SSSR count). The quantitative estimate of drug-likeness (QED) is 0.578. The van der Waals surface area contributed by atoms with E-state index in [1.807, 2.05) is 0 Å². The highest BCUT2D eigenvalue weighted by Crippen LogP contribution is 2.15. The molecular weight excluding hydrogens is 192 g/mol. The van der Waals surface area contributed by atoms with Gasteiger partial charge in [0.15, 0.2) is 11.6 Å². The zero-order valence-corrected chi connectivity index (χ0v) is 7.46. The molecule has 0 saturated carbocycles. The summed E-state index contributed by atoms with van der Waals surface area (Å²) in [5.41, 5.74) is 5.21. The number of rotatable bonds is 2. The summed E-state index contributed by atoms with van der Waals surface area (Å²) >= 11 is 0. The Morgan fingerprint density at radius 3 is 2.57 bits per heavy atom.